The van der Waals surface area contributed by atoms with E-state index >= 15 is 0 Å². The molecule has 118 valence electrons. The Kier molecular flexibility index (Phi) is 7.25. The van der Waals surface area contributed by atoms with Crippen LogP contribution < -0.4 is 5.32 Å². The average Bonchev–Trinajstić information content (AvgIpc) is 2.78. The van der Waals surface area contributed by atoms with Gasteiger partial charge in [-0.15, -0.1) is 0 Å². The number of benzene rings is 1. The topological polar surface area (TPSA) is 15.3 Å². The molecule has 2 heteroatoms. The summed E-state index contributed by atoms with van der Waals surface area (Å²) in [5.74, 6) is 0. The van der Waals surface area contributed by atoms with Gasteiger partial charge in [0.05, 0.1) is 0 Å². The Bertz CT molecular complexity index is 376. The fourth-order valence-corrected chi connectivity index (χ4v) is 3.31. The quantitative estimate of drug-likeness (QED) is 0.749. The molecule has 1 saturated heterocycles. The van der Waals surface area contributed by atoms with Crippen LogP contribution in [-0.2, 0) is 0 Å². The SMILES string of the molecule is CCCCCCC(C)N1CCCNC(c2ccccc2)C1. The van der Waals surface area contributed by atoms with Gasteiger partial charge in [-0.1, -0.05) is 62.9 Å². The molecule has 0 bridgehead atoms. The summed E-state index contributed by atoms with van der Waals surface area (Å²) < 4.78 is 0. The largest absolute Gasteiger partial charge is 0.309 e. The van der Waals surface area contributed by atoms with Crippen molar-refractivity contribution in [3.05, 3.63) is 35.9 Å². The van der Waals surface area contributed by atoms with Gasteiger partial charge in [0.15, 0.2) is 0 Å². The van der Waals surface area contributed by atoms with Crippen molar-refractivity contribution in [1.82, 2.24) is 10.2 Å². The first-order chi connectivity index (χ1) is 10.3. The van der Waals surface area contributed by atoms with Crippen LogP contribution in [0.2, 0.25) is 0 Å². The molecule has 1 aliphatic rings. The van der Waals surface area contributed by atoms with Gasteiger partial charge in [0.25, 0.3) is 0 Å². The maximum atomic E-state index is 3.72. The second-order valence-electron chi connectivity index (χ2n) is 6.46. The summed E-state index contributed by atoms with van der Waals surface area (Å²) >= 11 is 0. The van der Waals surface area contributed by atoms with Gasteiger partial charge in [-0.05, 0) is 38.4 Å². The molecule has 21 heavy (non-hydrogen) atoms. The molecule has 1 fully saturated rings. The Labute approximate surface area is 130 Å². The van der Waals surface area contributed by atoms with E-state index in [0.717, 1.165) is 13.1 Å². The molecular weight excluding hydrogens is 256 g/mol. The Morgan fingerprint density at radius 2 is 2.00 bits per heavy atom. The zero-order valence-electron chi connectivity index (χ0n) is 13.9. The van der Waals surface area contributed by atoms with Gasteiger partial charge < -0.3 is 5.32 Å². The lowest BCUT2D eigenvalue weighted by atomic mass is 10.0. The van der Waals surface area contributed by atoms with E-state index in [-0.39, 0.29) is 0 Å². The molecule has 1 heterocycles. The zero-order valence-corrected chi connectivity index (χ0v) is 13.9. The molecule has 1 N–H and O–H groups in total. The van der Waals surface area contributed by atoms with E-state index in [9.17, 15) is 0 Å². The van der Waals surface area contributed by atoms with Crippen molar-refractivity contribution in [2.45, 2.75) is 64.5 Å². The predicted molar refractivity (Wildman–Crippen MR) is 91.6 cm³/mol. The summed E-state index contributed by atoms with van der Waals surface area (Å²) in [5, 5.41) is 3.72. The summed E-state index contributed by atoms with van der Waals surface area (Å²) in [6.07, 6.45) is 8.12. The standard InChI is InChI=1S/C19H32N2/c1-3-4-5-7-11-17(2)21-15-10-14-20-19(16-21)18-12-8-6-9-13-18/h6,8-9,12-13,17,19-20H,3-5,7,10-11,14-16H2,1-2H3. The third kappa shape index (κ3) is 5.44. The predicted octanol–water partition coefficient (Wildman–Crippen LogP) is 4.38. The van der Waals surface area contributed by atoms with Crippen LogP contribution in [0.3, 0.4) is 0 Å². The number of rotatable bonds is 7. The van der Waals surface area contributed by atoms with Crippen LogP contribution in [-0.4, -0.2) is 30.6 Å². The molecule has 2 nitrogen and oxygen atoms in total. The molecule has 0 aliphatic carbocycles. The van der Waals surface area contributed by atoms with Crippen LogP contribution in [0.15, 0.2) is 30.3 Å². The maximum Gasteiger partial charge on any atom is 0.0449 e. The van der Waals surface area contributed by atoms with Gasteiger partial charge in [0, 0.05) is 18.6 Å². The van der Waals surface area contributed by atoms with Crippen molar-refractivity contribution in [2.24, 2.45) is 0 Å². The Morgan fingerprint density at radius 3 is 2.76 bits per heavy atom. The number of unbranched alkanes of at least 4 members (excludes halogenated alkanes) is 3. The third-order valence-corrected chi connectivity index (χ3v) is 4.73. The van der Waals surface area contributed by atoms with Crippen molar-refractivity contribution in [1.29, 1.82) is 0 Å². The molecule has 0 radical (unpaired) electrons. The highest BCUT2D eigenvalue weighted by Crippen LogP contribution is 2.20. The minimum atomic E-state index is 0.492. The van der Waals surface area contributed by atoms with Gasteiger partial charge in [-0.2, -0.15) is 0 Å². The van der Waals surface area contributed by atoms with E-state index in [1.165, 1.54) is 50.6 Å². The first kappa shape index (κ1) is 16.5. The summed E-state index contributed by atoms with van der Waals surface area (Å²) in [4.78, 5) is 2.70. The molecule has 2 unspecified atom stereocenters. The normalized spacial score (nSPS) is 21.9. The highest BCUT2D eigenvalue weighted by Gasteiger charge is 2.22. The smallest absolute Gasteiger partial charge is 0.0449 e. The zero-order chi connectivity index (χ0) is 14.9. The van der Waals surface area contributed by atoms with Crippen molar-refractivity contribution in [2.75, 3.05) is 19.6 Å². The third-order valence-electron chi connectivity index (χ3n) is 4.73. The lowest BCUT2D eigenvalue weighted by Gasteiger charge is -2.30. The molecular formula is C19H32N2. The second kappa shape index (κ2) is 9.22. The summed E-state index contributed by atoms with van der Waals surface area (Å²) in [6.45, 7) is 8.23. The van der Waals surface area contributed by atoms with Gasteiger partial charge in [0.2, 0.25) is 0 Å². The Hall–Kier alpha value is -0.860. The van der Waals surface area contributed by atoms with E-state index in [4.69, 9.17) is 0 Å². The van der Waals surface area contributed by atoms with Crippen molar-refractivity contribution >= 4 is 0 Å². The van der Waals surface area contributed by atoms with Crippen molar-refractivity contribution in [3.8, 4) is 0 Å². The van der Waals surface area contributed by atoms with Crippen LogP contribution in [0, 0.1) is 0 Å². The first-order valence-electron chi connectivity index (χ1n) is 8.83. The summed E-state index contributed by atoms with van der Waals surface area (Å²) in [7, 11) is 0. The Balaban J connectivity index is 1.87. The fourth-order valence-electron chi connectivity index (χ4n) is 3.31. The van der Waals surface area contributed by atoms with Gasteiger partial charge in [-0.25, -0.2) is 0 Å². The highest BCUT2D eigenvalue weighted by atomic mass is 15.2. The molecule has 0 aromatic heterocycles. The van der Waals surface area contributed by atoms with E-state index in [0.29, 0.717) is 12.1 Å². The Morgan fingerprint density at radius 1 is 1.19 bits per heavy atom. The van der Waals surface area contributed by atoms with Crippen LogP contribution in [0.4, 0.5) is 0 Å². The molecule has 1 aliphatic heterocycles. The number of hydrogen-bond acceptors (Lipinski definition) is 2. The minimum Gasteiger partial charge on any atom is -0.309 e. The molecule has 0 saturated carbocycles. The first-order valence-corrected chi connectivity index (χ1v) is 8.83. The van der Waals surface area contributed by atoms with E-state index in [2.05, 4.69) is 54.4 Å². The average molecular weight is 288 g/mol. The molecule has 1 aromatic rings. The van der Waals surface area contributed by atoms with Crippen LogP contribution in [0.5, 0.6) is 0 Å². The molecule has 2 rings (SSSR count). The monoisotopic (exact) mass is 288 g/mol. The van der Waals surface area contributed by atoms with Gasteiger partial charge >= 0.3 is 0 Å². The van der Waals surface area contributed by atoms with E-state index in [1.54, 1.807) is 0 Å². The second-order valence-corrected chi connectivity index (χ2v) is 6.46. The van der Waals surface area contributed by atoms with Gasteiger partial charge in [-0.3, -0.25) is 4.90 Å². The summed E-state index contributed by atoms with van der Waals surface area (Å²) in [6, 6.07) is 12.1. The van der Waals surface area contributed by atoms with Crippen LogP contribution >= 0.6 is 0 Å². The maximum absolute atomic E-state index is 3.72. The molecule has 0 spiro atoms. The van der Waals surface area contributed by atoms with Crippen molar-refractivity contribution in [3.63, 3.8) is 0 Å². The lowest BCUT2D eigenvalue weighted by molar-refractivity contribution is 0.193. The fraction of sp³-hybridized carbons (Fsp3) is 0.684. The van der Waals surface area contributed by atoms with E-state index in [1.807, 2.05) is 0 Å². The van der Waals surface area contributed by atoms with E-state index < -0.39 is 0 Å². The molecule has 2 atom stereocenters. The van der Waals surface area contributed by atoms with Crippen LogP contribution in [0.1, 0.15) is 64.0 Å². The molecule has 0 amide bonds. The van der Waals surface area contributed by atoms with Crippen LogP contribution in [0.25, 0.3) is 0 Å². The number of nitrogens with one attached hydrogen (secondary N) is 1. The number of nitrogens with zero attached hydrogens (tertiary/aromatic N) is 1. The highest BCUT2D eigenvalue weighted by molar-refractivity contribution is 5.19. The molecule has 1 aromatic carbocycles. The lowest BCUT2D eigenvalue weighted by Crippen LogP contribution is -2.37. The number of hydrogen-bond donors (Lipinski definition) is 1. The minimum absolute atomic E-state index is 0.492. The van der Waals surface area contributed by atoms with Gasteiger partial charge in [0.1, 0.15) is 0 Å². The van der Waals surface area contributed by atoms with Crippen molar-refractivity contribution < 1.29 is 0 Å². The summed E-state index contributed by atoms with van der Waals surface area (Å²) in [5.41, 5.74) is 1.43.